The van der Waals surface area contributed by atoms with Crippen LogP contribution in [-0.2, 0) is 31.2 Å². The first-order valence-electron chi connectivity index (χ1n) is 19.8. The van der Waals surface area contributed by atoms with Crippen molar-refractivity contribution in [2.75, 3.05) is 17.4 Å². The third kappa shape index (κ3) is 6.54. The number of imide groups is 2. The van der Waals surface area contributed by atoms with Crippen LogP contribution in [0, 0.1) is 23.7 Å². The molecule has 4 aliphatic rings. The number of benzene rings is 5. The van der Waals surface area contributed by atoms with Gasteiger partial charge in [-0.3, -0.25) is 34.3 Å². The number of halogens is 2. The summed E-state index contributed by atoms with van der Waals surface area (Å²) in [5.41, 5.74) is 4.74. The number of hydrogen-bond donors (Lipinski definition) is 2. The highest BCUT2D eigenvalue weighted by atomic mass is 35.5. The molecule has 2 saturated heterocycles. The number of carbonyl (C=O) groups is 5. The third-order valence-corrected chi connectivity index (χ3v) is 13.2. The Morgan fingerprint density at radius 1 is 0.836 bits per heavy atom. The smallest absolute Gasteiger partial charge is 0.260 e. The number of hydrogen-bond acceptors (Lipinski definition) is 9. The summed E-state index contributed by atoms with van der Waals surface area (Å²) in [5, 5.41) is 13.6. The summed E-state index contributed by atoms with van der Waals surface area (Å²) in [7, 11) is 1.53. The van der Waals surface area contributed by atoms with E-state index in [1.807, 2.05) is 36.4 Å². The molecule has 6 atom stereocenters. The van der Waals surface area contributed by atoms with E-state index in [4.69, 9.17) is 32.7 Å². The second-order valence-corrected chi connectivity index (χ2v) is 16.7. The van der Waals surface area contributed by atoms with Crippen LogP contribution >= 0.6 is 23.2 Å². The fraction of sp³-hybridized carbons (Fsp3) is 0.229. The highest BCUT2D eigenvalue weighted by Crippen LogP contribution is 2.65. The van der Waals surface area contributed by atoms with Gasteiger partial charge in [0.05, 0.1) is 46.7 Å². The van der Waals surface area contributed by atoms with E-state index in [1.54, 1.807) is 72.8 Å². The number of ketones is 1. The van der Waals surface area contributed by atoms with Crippen molar-refractivity contribution >= 4 is 64.0 Å². The molecule has 5 aromatic rings. The van der Waals surface area contributed by atoms with Crippen LogP contribution in [0.25, 0.3) is 0 Å². The molecule has 2 aliphatic carbocycles. The lowest BCUT2D eigenvalue weighted by Crippen LogP contribution is -2.53. The predicted molar refractivity (Wildman–Crippen MR) is 228 cm³/mol. The number of nitrogens with zero attached hydrogens (tertiary/aromatic N) is 2. The molecular formula is C48H39Cl2N3O8. The van der Waals surface area contributed by atoms with Crippen LogP contribution in [0.4, 0.5) is 11.4 Å². The third-order valence-electron chi connectivity index (χ3n) is 12.7. The minimum atomic E-state index is -1.68. The minimum Gasteiger partial charge on any atom is -0.508 e. The van der Waals surface area contributed by atoms with Crippen LogP contribution in [0.1, 0.15) is 52.7 Å². The fourth-order valence-corrected chi connectivity index (χ4v) is 10.3. The van der Waals surface area contributed by atoms with Gasteiger partial charge in [0.15, 0.2) is 5.78 Å². The van der Waals surface area contributed by atoms with Crippen LogP contribution in [0.15, 0.2) is 127 Å². The Labute approximate surface area is 361 Å². The number of allylic oxidation sites excluding steroid dienone is 2. The van der Waals surface area contributed by atoms with E-state index in [-0.39, 0.29) is 47.6 Å². The van der Waals surface area contributed by atoms with Crippen molar-refractivity contribution in [2.24, 2.45) is 23.7 Å². The monoisotopic (exact) mass is 855 g/mol. The molecule has 0 bridgehead atoms. The Hall–Kier alpha value is -6.43. The topological polar surface area (TPSA) is 143 Å². The highest BCUT2D eigenvalue weighted by Gasteiger charge is 2.70. The minimum absolute atomic E-state index is 0.0296. The summed E-state index contributed by atoms with van der Waals surface area (Å²) >= 11 is 12.8. The molecule has 2 N–H and O–H groups in total. The fourth-order valence-electron chi connectivity index (χ4n) is 9.89. The summed E-state index contributed by atoms with van der Waals surface area (Å²) in [5.74, 6) is -5.88. The molecule has 0 unspecified atom stereocenters. The molecule has 0 spiro atoms. The van der Waals surface area contributed by atoms with E-state index in [0.717, 1.165) is 10.6 Å². The van der Waals surface area contributed by atoms with E-state index in [2.05, 4.69) is 5.43 Å². The maximum Gasteiger partial charge on any atom is 0.260 e. The molecule has 0 aromatic heterocycles. The second-order valence-electron chi connectivity index (χ2n) is 15.8. The maximum atomic E-state index is 15.6. The maximum absolute atomic E-state index is 15.6. The van der Waals surface area contributed by atoms with Gasteiger partial charge in [-0.25, -0.2) is 0 Å². The number of amides is 4. The second kappa shape index (κ2) is 15.6. The van der Waals surface area contributed by atoms with E-state index >= 15 is 9.59 Å². The van der Waals surface area contributed by atoms with Crippen molar-refractivity contribution in [3.63, 3.8) is 0 Å². The number of anilines is 2. The van der Waals surface area contributed by atoms with Crippen molar-refractivity contribution < 1.29 is 38.6 Å². The summed E-state index contributed by atoms with van der Waals surface area (Å²) < 4.78 is 11.6. The van der Waals surface area contributed by atoms with Gasteiger partial charge < -0.3 is 14.6 Å². The normalized spacial score (nSPS) is 24.2. The molecule has 0 radical (unpaired) electrons. The lowest BCUT2D eigenvalue weighted by molar-refractivity contribution is -0.138. The van der Waals surface area contributed by atoms with Crippen molar-refractivity contribution in [1.82, 2.24) is 5.01 Å². The lowest BCUT2D eigenvalue weighted by atomic mass is 9.49. The summed E-state index contributed by atoms with van der Waals surface area (Å²) in [6, 6.07) is 32.4. The zero-order valence-electron chi connectivity index (χ0n) is 33.0. The number of methoxy groups -OCH3 is 1. The Bertz CT molecular complexity index is 2650. The molecule has 2 heterocycles. The number of hydrazine groups is 1. The van der Waals surface area contributed by atoms with Crippen LogP contribution in [0.2, 0.25) is 10.0 Å². The van der Waals surface area contributed by atoms with Gasteiger partial charge in [-0.05, 0) is 97.5 Å². The number of rotatable bonds is 10. The summed E-state index contributed by atoms with van der Waals surface area (Å²) in [6.07, 6.45) is 2.11. The van der Waals surface area contributed by atoms with E-state index in [0.29, 0.717) is 44.5 Å². The Balaban J connectivity index is 1.20. The number of nitrogens with one attached hydrogen (secondary N) is 1. The molecule has 5 aromatic carbocycles. The number of phenolic OH excluding ortho intramolecular Hbond substituents is 1. The van der Waals surface area contributed by atoms with Crippen molar-refractivity contribution in [3.05, 3.63) is 159 Å². The molecule has 9 rings (SSSR count). The van der Waals surface area contributed by atoms with Gasteiger partial charge in [0.1, 0.15) is 23.9 Å². The average Bonchev–Trinajstić information content (AvgIpc) is 3.64. The highest BCUT2D eigenvalue weighted by molar-refractivity contribution is 6.36. The molecule has 11 nitrogen and oxygen atoms in total. The SMILES string of the molecule is COc1ccc([C@@]23C(=O)N(Nc4ccc(Cl)cc4Cl)C(=O)[C@@H]2C[C@@H]2C(=CC[C@@H]4C(=O)N(c5ccc(C(C)=O)cc5)C(=O)[C@@H]42)[C@@H]3c2ccc(OCc3ccccc3)cc2O)cc1. The van der Waals surface area contributed by atoms with E-state index in [1.165, 1.54) is 31.1 Å². The molecule has 13 heteroatoms. The number of phenols is 1. The molecule has 61 heavy (non-hydrogen) atoms. The molecule has 1 saturated carbocycles. The zero-order chi connectivity index (χ0) is 42.7. The van der Waals surface area contributed by atoms with Crippen LogP contribution < -0.4 is 19.8 Å². The predicted octanol–water partition coefficient (Wildman–Crippen LogP) is 8.68. The van der Waals surface area contributed by atoms with E-state index in [9.17, 15) is 19.5 Å². The first-order valence-corrected chi connectivity index (χ1v) is 20.6. The van der Waals surface area contributed by atoms with Gasteiger partial charge in [0.2, 0.25) is 11.8 Å². The van der Waals surface area contributed by atoms with Crippen molar-refractivity contribution in [1.29, 1.82) is 0 Å². The van der Waals surface area contributed by atoms with Gasteiger partial charge in [-0.15, -0.1) is 0 Å². The number of carbonyl (C=O) groups excluding carboxylic acids is 5. The summed E-state index contributed by atoms with van der Waals surface area (Å²) in [4.78, 5) is 72.9. The van der Waals surface area contributed by atoms with Gasteiger partial charge in [0.25, 0.3) is 11.8 Å². The zero-order valence-corrected chi connectivity index (χ0v) is 34.5. The van der Waals surface area contributed by atoms with E-state index < -0.39 is 52.7 Å². The number of ether oxygens (including phenoxy) is 2. The van der Waals surface area contributed by atoms with Crippen LogP contribution in [-0.4, -0.2) is 46.6 Å². The largest absolute Gasteiger partial charge is 0.508 e. The van der Waals surface area contributed by atoms with Crippen LogP contribution in [0.3, 0.4) is 0 Å². The van der Waals surface area contributed by atoms with Gasteiger partial charge in [-0.1, -0.05) is 83.4 Å². The molecule has 3 fully saturated rings. The number of fused-ring (bicyclic) bond motifs is 4. The molecule has 308 valence electrons. The standard InChI is InChI=1S/C48H39Cl2N3O8/c1-26(54)28-8-13-31(14-9-28)52-44(56)36-20-19-34-37(42(36)46(52)58)24-38-45(57)53(51-40-21-12-30(49)22-39(40)50)47(59)48(38,29-10-15-32(60-2)16-11-29)43(34)35-18-17-33(23-41(35)55)61-25-27-6-4-3-5-7-27/h3-19,21-23,36-38,42-43,51,55H,20,24-25H2,1-2H3/t36-,37+,38-,42-,43+,48+/m0/s1. The average molecular weight is 857 g/mol. The molecule has 2 aliphatic heterocycles. The summed E-state index contributed by atoms with van der Waals surface area (Å²) in [6.45, 7) is 1.68. The number of aromatic hydroxyl groups is 1. The Morgan fingerprint density at radius 3 is 2.23 bits per heavy atom. The van der Waals surface area contributed by atoms with Gasteiger partial charge in [0, 0.05) is 28.1 Å². The first-order chi connectivity index (χ1) is 29.4. The van der Waals surface area contributed by atoms with Gasteiger partial charge >= 0.3 is 0 Å². The molecular weight excluding hydrogens is 817 g/mol. The Kier molecular flexibility index (Phi) is 10.2. The first kappa shape index (κ1) is 40.0. The van der Waals surface area contributed by atoms with Crippen LogP contribution in [0.5, 0.6) is 17.2 Å². The van der Waals surface area contributed by atoms with Crippen molar-refractivity contribution in [3.8, 4) is 17.2 Å². The molecule has 4 amide bonds. The van der Waals surface area contributed by atoms with Crippen molar-refractivity contribution in [2.45, 2.75) is 37.7 Å². The lowest BCUT2D eigenvalue weighted by Gasteiger charge is -2.50. The Morgan fingerprint density at radius 2 is 1.56 bits per heavy atom. The number of Topliss-reactive ketones (excluding diaryl/α,β-unsaturated/α-hetero) is 1. The van der Waals surface area contributed by atoms with Gasteiger partial charge in [-0.2, -0.15) is 5.01 Å². The quantitative estimate of drug-likeness (QED) is 0.0802.